The molecule has 0 aliphatic carbocycles. The molecule has 5 heteroatoms. The normalized spacial score (nSPS) is 10.4. The van der Waals surface area contributed by atoms with Crippen LogP contribution in [0.5, 0.6) is 0 Å². The van der Waals surface area contributed by atoms with Crippen molar-refractivity contribution in [1.82, 2.24) is 14.5 Å². The van der Waals surface area contributed by atoms with Crippen molar-refractivity contribution in [2.45, 2.75) is 26.4 Å². The lowest BCUT2D eigenvalue weighted by atomic mass is 10.3. The third kappa shape index (κ3) is 2.90. The number of aromatic nitrogens is 2. The van der Waals surface area contributed by atoms with Crippen LogP contribution in [0.4, 0.5) is 0 Å². The van der Waals surface area contributed by atoms with Gasteiger partial charge in [-0.3, -0.25) is 9.59 Å². The van der Waals surface area contributed by atoms with Gasteiger partial charge in [0.25, 0.3) is 0 Å². The number of carbonyl (C=O) groups excluding carboxylic acids is 2. The summed E-state index contributed by atoms with van der Waals surface area (Å²) in [4.78, 5) is 27.5. The van der Waals surface area contributed by atoms with Crippen molar-refractivity contribution in [2.24, 2.45) is 0 Å². The summed E-state index contributed by atoms with van der Waals surface area (Å²) in [5, 5.41) is 0. The molecule has 15 heavy (non-hydrogen) atoms. The van der Waals surface area contributed by atoms with Crippen LogP contribution in [-0.2, 0) is 11.3 Å². The van der Waals surface area contributed by atoms with Gasteiger partial charge in [0.1, 0.15) is 12.2 Å². The highest BCUT2D eigenvalue weighted by molar-refractivity contribution is 5.76. The molecule has 0 N–H and O–H groups in total. The maximum Gasteiger partial charge on any atom is 0.242 e. The minimum Gasteiger partial charge on any atom is -0.342 e. The molecule has 0 radical (unpaired) electrons. The molecule has 82 valence electrons. The molecule has 0 saturated carbocycles. The van der Waals surface area contributed by atoms with Crippen LogP contribution in [-0.4, -0.2) is 39.7 Å². The van der Waals surface area contributed by atoms with Crippen LogP contribution in [0.15, 0.2) is 12.5 Å². The first kappa shape index (κ1) is 11.4. The van der Waals surface area contributed by atoms with E-state index in [0.717, 1.165) is 0 Å². The minimum atomic E-state index is -0.000140. The number of hydrogen-bond acceptors (Lipinski definition) is 3. The standard InChI is InChI=1S/C10H15N3O2/c1-8(2)12(3)10(15)5-13-4-9(6-14)11-7-13/h4,6-8H,5H2,1-3H3. The van der Waals surface area contributed by atoms with Crippen molar-refractivity contribution in [3.05, 3.63) is 18.2 Å². The smallest absolute Gasteiger partial charge is 0.242 e. The zero-order chi connectivity index (χ0) is 11.4. The molecular weight excluding hydrogens is 194 g/mol. The highest BCUT2D eigenvalue weighted by Crippen LogP contribution is 1.98. The van der Waals surface area contributed by atoms with Crippen molar-refractivity contribution < 1.29 is 9.59 Å². The summed E-state index contributed by atoms with van der Waals surface area (Å²) >= 11 is 0. The predicted molar refractivity (Wildman–Crippen MR) is 55.5 cm³/mol. The summed E-state index contributed by atoms with van der Waals surface area (Å²) in [6.07, 6.45) is 3.70. The first-order valence-corrected chi connectivity index (χ1v) is 4.77. The number of aldehydes is 1. The van der Waals surface area contributed by atoms with E-state index in [2.05, 4.69) is 4.98 Å². The van der Waals surface area contributed by atoms with Gasteiger partial charge in [0.2, 0.25) is 5.91 Å². The molecule has 0 saturated heterocycles. The maximum absolute atomic E-state index is 11.6. The Morgan fingerprint density at radius 1 is 1.67 bits per heavy atom. The van der Waals surface area contributed by atoms with Crippen molar-refractivity contribution in [3.63, 3.8) is 0 Å². The number of rotatable bonds is 4. The van der Waals surface area contributed by atoms with Crippen molar-refractivity contribution >= 4 is 12.2 Å². The molecule has 0 aliphatic heterocycles. The van der Waals surface area contributed by atoms with Crippen LogP contribution < -0.4 is 0 Å². The second-order valence-corrected chi connectivity index (χ2v) is 3.69. The lowest BCUT2D eigenvalue weighted by molar-refractivity contribution is -0.132. The number of hydrogen-bond donors (Lipinski definition) is 0. The van der Waals surface area contributed by atoms with E-state index in [1.54, 1.807) is 22.7 Å². The molecule has 0 unspecified atom stereocenters. The average Bonchev–Trinajstić information content (AvgIpc) is 2.64. The van der Waals surface area contributed by atoms with Crippen molar-refractivity contribution in [2.75, 3.05) is 7.05 Å². The Bertz CT molecular complexity index is 357. The lowest BCUT2D eigenvalue weighted by Crippen LogP contribution is -2.35. The number of likely N-dealkylation sites (N-methyl/N-ethyl adjacent to an activating group) is 1. The molecule has 0 aromatic carbocycles. The Kier molecular flexibility index (Phi) is 3.60. The first-order valence-electron chi connectivity index (χ1n) is 4.77. The molecule has 1 rings (SSSR count). The molecule has 1 aromatic heterocycles. The quantitative estimate of drug-likeness (QED) is 0.681. The Balaban J connectivity index is 2.62. The van der Waals surface area contributed by atoms with Gasteiger partial charge in [-0.15, -0.1) is 0 Å². The van der Waals surface area contributed by atoms with E-state index in [1.165, 1.54) is 6.33 Å². The number of nitrogens with zero attached hydrogens (tertiary/aromatic N) is 3. The number of amides is 1. The van der Waals surface area contributed by atoms with Crippen LogP contribution in [0.3, 0.4) is 0 Å². The molecule has 0 aliphatic rings. The van der Waals surface area contributed by atoms with Crippen LogP contribution >= 0.6 is 0 Å². The first-order chi connectivity index (χ1) is 7.04. The van der Waals surface area contributed by atoms with E-state index in [-0.39, 0.29) is 18.5 Å². The average molecular weight is 209 g/mol. The summed E-state index contributed by atoms with van der Waals surface area (Å²) in [6, 6.07) is 0.173. The van der Waals surface area contributed by atoms with Gasteiger partial charge < -0.3 is 9.47 Å². The van der Waals surface area contributed by atoms with Crippen LogP contribution in [0.2, 0.25) is 0 Å². The molecular formula is C10H15N3O2. The summed E-state index contributed by atoms with van der Waals surface area (Å²) in [5.41, 5.74) is 0.343. The van der Waals surface area contributed by atoms with Crippen LogP contribution in [0.25, 0.3) is 0 Å². The molecule has 0 bridgehead atoms. The van der Waals surface area contributed by atoms with E-state index in [4.69, 9.17) is 0 Å². The van der Waals surface area contributed by atoms with Gasteiger partial charge in [-0.1, -0.05) is 0 Å². The molecule has 5 nitrogen and oxygen atoms in total. The second kappa shape index (κ2) is 4.72. The Morgan fingerprint density at radius 3 is 2.80 bits per heavy atom. The fraction of sp³-hybridized carbons (Fsp3) is 0.500. The number of imidazole rings is 1. The van der Waals surface area contributed by atoms with Crippen LogP contribution in [0, 0.1) is 0 Å². The fourth-order valence-corrected chi connectivity index (χ4v) is 1.08. The number of carbonyl (C=O) groups is 2. The Morgan fingerprint density at radius 2 is 2.33 bits per heavy atom. The van der Waals surface area contributed by atoms with E-state index < -0.39 is 0 Å². The molecule has 0 atom stereocenters. The van der Waals surface area contributed by atoms with Crippen molar-refractivity contribution in [1.29, 1.82) is 0 Å². The van der Waals surface area contributed by atoms with E-state index in [1.807, 2.05) is 13.8 Å². The van der Waals surface area contributed by atoms with Gasteiger partial charge in [0.05, 0.1) is 6.33 Å². The van der Waals surface area contributed by atoms with E-state index in [0.29, 0.717) is 12.0 Å². The van der Waals surface area contributed by atoms with Gasteiger partial charge in [-0.05, 0) is 13.8 Å². The van der Waals surface area contributed by atoms with Gasteiger partial charge in [-0.25, -0.2) is 4.98 Å². The molecule has 0 fully saturated rings. The molecule has 1 amide bonds. The van der Waals surface area contributed by atoms with Gasteiger partial charge in [0.15, 0.2) is 6.29 Å². The largest absolute Gasteiger partial charge is 0.342 e. The highest BCUT2D eigenvalue weighted by atomic mass is 16.2. The van der Waals surface area contributed by atoms with E-state index in [9.17, 15) is 9.59 Å². The Labute approximate surface area is 88.7 Å². The fourth-order valence-electron chi connectivity index (χ4n) is 1.08. The summed E-state index contributed by atoms with van der Waals surface area (Å²) in [5.74, 6) is -0.000140. The summed E-state index contributed by atoms with van der Waals surface area (Å²) in [7, 11) is 1.75. The third-order valence-corrected chi connectivity index (χ3v) is 2.26. The molecule has 1 aromatic rings. The van der Waals surface area contributed by atoms with Gasteiger partial charge in [-0.2, -0.15) is 0 Å². The zero-order valence-corrected chi connectivity index (χ0v) is 9.17. The van der Waals surface area contributed by atoms with Gasteiger partial charge >= 0.3 is 0 Å². The van der Waals surface area contributed by atoms with E-state index >= 15 is 0 Å². The van der Waals surface area contributed by atoms with Gasteiger partial charge in [0, 0.05) is 19.3 Å². The second-order valence-electron chi connectivity index (χ2n) is 3.69. The summed E-state index contributed by atoms with van der Waals surface area (Å²) in [6.45, 7) is 4.11. The topological polar surface area (TPSA) is 55.2 Å². The zero-order valence-electron chi connectivity index (χ0n) is 9.17. The lowest BCUT2D eigenvalue weighted by Gasteiger charge is -2.21. The monoisotopic (exact) mass is 209 g/mol. The minimum absolute atomic E-state index is 0.000140. The predicted octanol–water partition coefficient (Wildman–Crippen LogP) is 0.562. The third-order valence-electron chi connectivity index (χ3n) is 2.26. The molecule has 0 spiro atoms. The highest BCUT2D eigenvalue weighted by Gasteiger charge is 2.12. The Hall–Kier alpha value is -1.65. The van der Waals surface area contributed by atoms with Crippen molar-refractivity contribution in [3.8, 4) is 0 Å². The summed E-state index contributed by atoms with van der Waals surface area (Å²) < 4.78 is 1.60. The molecule has 1 heterocycles. The SMILES string of the molecule is CC(C)N(C)C(=O)Cn1cnc(C=O)c1. The maximum atomic E-state index is 11.6. The van der Waals surface area contributed by atoms with Crippen LogP contribution in [0.1, 0.15) is 24.3 Å².